The number of hydrogen-bond donors (Lipinski definition) is 1. The van der Waals surface area contributed by atoms with Crippen LogP contribution in [0, 0.1) is 0 Å². The van der Waals surface area contributed by atoms with Crippen molar-refractivity contribution in [1.82, 2.24) is 14.9 Å². The van der Waals surface area contributed by atoms with E-state index in [-0.39, 0.29) is 5.60 Å². The van der Waals surface area contributed by atoms with Crippen molar-refractivity contribution in [3.8, 4) is 0 Å². The van der Waals surface area contributed by atoms with Crippen LogP contribution in [0.3, 0.4) is 0 Å². The smallest absolute Gasteiger partial charge is 0.110 e. The zero-order chi connectivity index (χ0) is 14.4. The summed E-state index contributed by atoms with van der Waals surface area (Å²) in [5.74, 6) is 1.14. The molecule has 0 bridgehead atoms. The monoisotopic (exact) mass is 279 g/mol. The number of nitrogens with one attached hydrogen (secondary N) is 1. The van der Waals surface area contributed by atoms with Gasteiger partial charge in [0.2, 0.25) is 0 Å². The van der Waals surface area contributed by atoms with Crippen molar-refractivity contribution in [2.24, 2.45) is 7.05 Å². The fourth-order valence-electron chi connectivity index (χ4n) is 3.38. The Hall–Kier alpha value is -0.870. The first-order valence-corrected chi connectivity index (χ1v) is 7.96. The SMILES string of the molecule is CCCNC(Cc1nccn1C)C1(OC)CCCCC1. The lowest BCUT2D eigenvalue weighted by Crippen LogP contribution is -2.54. The molecule has 1 atom stereocenters. The minimum atomic E-state index is -0.0145. The van der Waals surface area contributed by atoms with Gasteiger partial charge in [0, 0.05) is 39.0 Å². The van der Waals surface area contributed by atoms with Gasteiger partial charge >= 0.3 is 0 Å². The molecular weight excluding hydrogens is 250 g/mol. The summed E-state index contributed by atoms with van der Waals surface area (Å²) in [7, 11) is 3.95. The summed E-state index contributed by atoms with van der Waals surface area (Å²) in [4.78, 5) is 4.49. The lowest BCUT2D eigenvalue weighted by molar-refractivity contribution is -0.0677. The van der Waals surface area contributed by atoms with Crippen molar-refractivity contribution < 1.29 is 4.74 Å². The average molecular weight is 279 g/mol. The molecular formula is C16H29N3O. The molecule has 4 heteroatoms. The average Bonchev–Trinajstić information content (AvgIpc) is 2.89. The van der Waals surface area contributed by atoms with Gasteiger partial charge in [0.25, 0.3) is 0 Å². The van der Waals surface area contributed by atoms with E-state index in [1.54, 1.807) is 0 Å². The van der Waals surface area contributed by atoms with Gasteiger partial charge in [-0.2, -0.15) is 0 Å². The van der Waals surface area contributed by atoms with Gasteiger partial charge in [0.1, 0.15) is 5.82 Å². The van der Waals surface area contributed by atoms with Crippen LogP contribution >= 0.6 is 0 Å². The van der Waals surface area contributed by atoms with Gasteiger partial charge in [0.15, 0.2) is 0 Å². The molecule has 1 aromatic rings. The molecule has 1 fully saturated rings. The molecule has 1 aromatic heterocycles. The standard InChI is InChI=1S/C16H29N3O/c1-4-10-17-14(13-15-18-11-12-19(15)2)16(20-3)8-6-5-7-9-16/h11-12,14,17H,4-10,13H2,1-3H3. The minimum absolute atomic E-state index is 0.0145. The minimum Gasteiger partial charge on any atom is -0.377 e. The van der Waals surface area contributed by atoms with Crippen LogP contribution in [0.15, 0.2) is 12.4 Å². The van der Waals surface area contributed by atoms with Crippen molar-refractivity contribution in [1.29, 1.82) is 0 Å². The molecule has 1 heterocycles. The third kappa shape index (κ3) is 3.41. The first kappa shape index (κ1) is 15.5. The van der Waals surface area contributed by atoms with E-state index >= 15 is 0 Å². The second-order valence-corrected chi connectivity index (χ2v) is 5.99. The Labute approximate surface area is 122 Å². The number of imidazole rings is 1. The Morgan fingerprint density at radius 2 is 2.15 bits per heavy atom. The van der Waals surface area contributed by atoms with E-state index in [2.05, 4.69) is 28.8 Å². The number of rotatable bonds is 7. The molecule has 1 unspecified atom stereocenters. The van der Waals surface area contributed by atoms with Gasteiger partial charge in [-0.3, -0.25) is 0 Å². The Kier molecular flexibility index (Phi) is 5.61. The molecule has 20 heavy (non-hydrogen) atoms. The Morgan fingerprint density at radius 3 is 2.70 bits per heavy atom. The van der Waals surface area contributed by atoms with Gasteiger partial charge < -0.3 is 14.6 Å². The number of methoxy groups -OCH3 is 1. The van der Waals surface area contributed by atoms with E-state index in [1.807, 2.05) is 19.5 Å². The molecule has 1 N–H and O–H groups in total. The zero-order valence-corrected chi connectivity index (χ0v) is 13.2. The highest BCUT2D eigenvalue weighted by Crippen LogP contribution is 2.35. The fourth-order valence-corrected chi connectivity index (χ4v) is 3.38. The Balaban J connectivity index is 2.14. The van der Waals surface area contributed by atoms with Crippen LogP contribution in [-0.2, 0) is 18.2 Å². The normalized spacial score (nSPS) is 19.9. The van der Waals surface area contributed by atoms with Crippen LogP contribution in [-0.4, -0.2) is 34.8 Å². The first-order chi connectivity index (χ1) is 9.72. The second kappa shape index (κ2) is 7.23. The van der Waals surface area contributed by atoms with Gasteiger partial charge in [-0.25, -0.2) is 4.98 Å². The van der Waals surface area contributed by atoms with Crippen molar-refractivity contribution in [3.63, 3.8) is 0 Å². The topological polar surface area (TPSA) is 39.1 Å². The molecule has 0 radical (unpaired) electrons. The van der Waals surface area contributed by atoms with Crippen molar-refractivity contribution in [3.05, 3.63) is 18.2 Å². The fraction of sp³-hybridized carbons (Fsp3) is 0.812. The number of aryl methyl sites for hydroxylation is 1. The lowest BCUT2D eigenvalue weighted by Gasteiger charge is -2.43. The predicted molar refractivity (Wildman–Crippen MR) is 81.8 cm³/mol. The predicted octanol–water partition coefficient (Wildman–Crippen LogP) is 2.68. The molecule has 2 rings (SSSR count). The maximum atomic E-state index is 6.03. The van der Waals surface area contributed by atoms with E-state index in [0.717, 1.165) is 38.1 Å². The van der Waals surface area contributed by atoms with Crippen molar-refractivity contribution in [2.75, 3.05) is 13.7 Å². The number of nitrogens with zero attached hydrogens (tertiary/aromatic N) is 2. The second-order valence-electron chi connectivity index (χ2n) is 5.99. The summed E-state index contributed by atoms with van der Waals surface area (Å²) in [5.41, 5.74) is -0.0145. The highest BCUT2D eigenvalue weighted by molar-refractivity contribution is 5.03. The zero-order valence-electron chi connectivity index (χ0n) is 13.2. The largest absolute Gasteiger partial charge is 0.377 e. The third-order valence-corrected chi connectivity index (χ3v) is 4.69. The Morgan fingerprint density at radius 1 is 1.40 bits per heavy atom. The first-order valence-electron chi connectivity index (χ1n) is 7.96. The summed E-state index contributed by atoms with van der Waals surface area (Å²) < 4.78 is 8.14. The van der Waals surface area contributed by atoms with Crippen LogP contribution in [0.5, 0.6) is 0 Å². The van der Waals surface area contributed by atoms with Crippen LogP contribution in [0.25, 0.3) is 0 Å². The summed E-state index contributed by atoms with van der Waals surface area (Å²) in [5, 5.41) is 3.72. The van der Waals surface area contributed by atoms with Crippen LogP contribution in [0.4, 0.5) is 0 Å². The van der Waals surface area contributed by atoms with Gasteiger partial charge in [-0.05, 0) is 25.8 Å². The van der Waals surface area contributed by atoms with E-state index in [9.17, 15) is 0 Å². The molecule has 4 nitrogen and oxygen atoms in total. The molecule has 1 aliphatic rings. The van der Waals surface area contributed by atoms with Gasteiger partial charge in [-0.15, -0.1) is 0 Å². The van der Waals surface area contributed by atoms with Gasteiger partial charge in [0.05, 0.1) is 5.60 Å². The van der Waals surface area contributed by atoms with Crippen LogP contribution in [0.2, 0.25) is 0 Å². The third-order valence-electron chi connectivity index (χ3n) is 4.69. The molecule has 1 aliphatic carbocycles. The van der Waals surface area contributed by atoms with Gasteiger partial charge in [-0.1, -0.05) is 26.2 Å². The number of aromatic nitrogens is 2. The quantitative estimate of drug-likeness (QED) is 0.834. The Bertz CT molecular complexity index is 396. The molecule has 0 amide bonds. The highest BCUT2D eigenvalue weighted by Gasteiger charge is 2.40. The molecule has 114 valence electrons. The maximum absolute atomic E-state index is 6.03. The molecule has 1 saturated carbocycles. The maximum Gasteiger partial charge on any atom is 0.110 e. The van der Waals surface area contributed by atoms with E-state index in [0.29, 0.717) is 6.04 Å². The summed E-state index contributed by atoms with van der Waals surface area (Å²) in [6.07, 6.45) is 12.2. The van der Waals surface area contributed by atoms with Crippen LogP contribution in [0.1, 0.15) is 51.3 Å². The molecule has 0 aliphatic heterocycles. The summed E-state index contributed by atoms with van der Waals surface area (Å²) in [6.45, 7) is 3.26. The van der Waals surface area contributed by atoms with E-state index < -0.39 is 0 Å². The highest BCUT2D eigenvalue weighted by atomic mass is 16.5. The molecule has 0 saturated heterocycles. The molecule has 0 spiro atoms. The van der Waals surface area contributed by atoms with E-state index in [4.69, 9.17) is 4.74 Å². The van der Waals surface area contributed by atoms with E-state index in [1.165, 1.54) is 19.3 Å². The summed E-state index contributed by atoms with van der Waals surface area (Å²) >= 11 is 0. The number of ether oxygens (including phenoxy) is 1. The molecule has 0 aromatic carbocycles. The lowest BCUT2D eigenvalue weighted by atomic mass is 9.77. The van der Waals surface area contributed by atoms with Crippen molar-refractivity contribution >= 4 is 0 Å². The number of hydrogen-bond acceptors (Lipinski definition) is 3. The van der Waals surface area contributed by atoms with Crippen LogP contribution < -0.4 is 5.32 Å². The summed E-state index contributed by atoms with van der Waals surface area (Å²) in [6, 6.07) is 0.355. The van der Waals surface area contributed by atoms with Crippen molar-refractivity contribution in [2.45, 2.75) is 63.5 Å².